The van der Waals surface area contributed by atoms with Crippen molar-refractivity contribution < 1.29 is 14.0 Å². The van der Waals surface area contributed by atoms with Crippen LogP contribution >= 0.6 is 8.25 Å². The van der Waals surface area contributed by atoms with E-state index >= 15 is 0 Å². The molecule has 1 unspecified atom stereocenters. The Labute approximate surface area is 74.4 Å². The van der Waals surface area contributed by atoms with E-state index in [1.54, 1.807) is 6.08 Å². The molecule has 0 rings (SSSR count). The fourth-order valence-corrected chi connectivity index (χ4v) is 1.08. The first kappa shape index (κ1) is 11.7. The van der Waals surface area contributed by atoms with Crippen molar-refractivity contribution in [1.29, 1.82) is 0 Å². The van der Waals surface area contributed by atoms with Crippen molar-refractivity contribution >= 4 is 8.25 Å². The van der Waals surface area contributed by atoms with Gasteiger partial charge in [0.25, 0.3) is 0 Å². The average molecular weight is 192 g/mol. The molecule has 0 radical (unpaired) electrons. The standard InChI is InChI=1S/C8H17O3P/c1-2-3-4-5-6-7-8-11-12(9)10/h7-8,12H,2-6H2,1H3,(H,9,10). The maximum Gasteiger partial charge on any atom is 0.364 e. The molecule has 0 aliphatic carbocycles. The highest BCUT2D eigenvalue weighted by Crippen LogP contribution is 2.14. The van der Waals surface area contributed by atoms with Gasteiger partial charge in [-0.2, -0.15) is 0 Å². The first-order chi connectivity index (χ1) is 5.77. The SMILES string of the molecule is CCCCCCC=CO[PH](=O)O. The molecular weight excluding hydrogens is 175 g/mol. The van der Waals surface area contributed by atoms with Crippen LogP contribution in [0.3, 0.4) is 0 Å². The van der Waals surface area contributed by atoms with Gasteiger partial charge in [-0.15, -0.1) is 0 Å². The second-order valence-electron chi connectivity index (χ2n) is 2.60. The maximum absolute atomic E-state index is 10.0. The van der Waals surface area contributed by atoms with Gasteiger partial charge >= 0.3 is 8.25 Å². The van der Waals surface area contributed by atoms with E-state index in [0.717, 1.165) is 12.8 Å². The van der Waals surface area contributed by atoms with E-state index in [4.69, 9.17) is 4.89 Å². The Morgan fingerprint density at radius 2 is 2.17 bits per heavy atom. The molecule has 0 heterocycles. The van der Waals surface area contributed by atoms with Crippen molar-refractivity contribution in [2.45, 2.75) is 39.0 Å². The van der Waals surface area contributed by atoms with Gasteiger partial charge < -0.3 is 9.42 Å². The Bertz CT molecular complexity index is 145. The Kier molecular flexibility index (Phi) is 8.62. The van der Waals surface area contributed by atoms with Crippen molar-refractivity contribution in [1.82, 2.24) is 0 Å². The fourth-order valence-electron chi connectivity index (χ4n) is 0.863. The van der Waals surface area contributed by atoms with Crippen molar-refractivity contribution in [3.63, 3.8) is 0 Å². The first-order valence-electron chi connectivity index (χ1n) is 4.32. The zero-order valence-electron chi connectivity index (χ0n) is 7.45. The molecule has 0 fully saturated rings. The molecule has 0 amide bonds. The van der Waals surface area contributed by atoms with Gasteiger partial charge in [-0.1, -0.05) is 26.2 Å². The van der Waals surface area contributed by atoms with Crippen LogP contribution in [0.1, 0.15) is 39.0 Å². The van der Waals surface area contributed by atoms with Crippen molar-refractivity contribution in [2.75, 3.05) is 0 Å². The maximum atomic E-state index is 10.0. The van der Waals surface area contributed by atoms with E-state index in [1.165, 1.54) is 25.5 Å². The monoisotopic (exact) mass is 192 g/mol. The highest BCUT2D eigenvalue weighted by molar-refractivity contribution is 7.32. The smallest absolute Gasteiger partial charge is 0.364 e. The Morgan fingerprint density at radius 1 is 1.42 bits per heavy atom. The molecule has 3 nitrogen and oxygen atoms in total. The molecule has 0 saturated carbocycles. The van der Waals surface area contributed by atoms with E-state index in [2.05, 4.69) is 11.4 Å². The fraction of sp³-hybridized carbons (Fsp3) is 0.750. The lowest BCUT2D eigenvalue weighted by Crippen LogP contribution is -1.73. The Morgan fingerprint density at radius 3 is 2.75 bits per heavy atom. The molecule has 4 heteroatoms. The summed E-state index contributed by atoms with van der Waals surface area (Å²) in [5.74, 6) is 0. The molecule has 0 aliphatic rings. The minimum absolute atomic E-state index is 0.926. The average Bonchev–Trinajstić information content (AvgIpc) is 2.02. The van der Waals surface area contributed by atoms with Crippen LogP contribution in [0.25, 0.3) is 0 Å². The van der Waals surface area contributed by atoms with Crippen LogP contribution in [0.2, 0.25) is 0 Å². The van der Waals surface area contributed by atoms with Crippen LogP contribution < -0.4 is 0 Å². The number of hydrogen-bond acceptors (Lipinski definition) is 2. The Hall–Kier alpha value is -0.270. The second-order valence-corrected chi connectivity index (χ2v) is 3.37. The van der Waals surface area contributed by atoms with Crippen LogP contribution in [0.4, 0.5) is 0 Å². The predicted octanol–water partition coefficient (Wildman–Crippen LogP) is 2.87. The van der Waals surface area contributed by atoms with Crippen LogP contribution in [-0.4, -0.2) is 4.89 Å². The third kappa shape index (κ3) is 9.73. The molecule has 0 aromatic rings. The molecule has 0 aromatic carbocycles. The molecule has 0 saturated heterocycles. The highest BCUT2D eigenvalue weighted by atomic mass is 31.1. The van der Waals surface area contributed by atoms with Crippen molar-refractivity contribution in [3.05, 3.63) is 12.3 Å². The molecule has 0 aliphatic heterocycles. The third-order valence-corrected chi connectivity index (χ3v) is 1.83. The van der Waals surface area contributed by atoms with E-state index in [9.17, 15) is 4.57 Å². The van der Waals surface area contributed by atoms with E-state index in [-0.39, 0.29) is 0 Å². The summed E-state index contributed by atoms with van der Waals surface area (Å²) in [6, 6.07) is 0. The summed E-state index contributed by atoms with van der Waals surface area (Å²) in [7, 11) is -2.77. The number of allylic oxidation sites excluding steroid dienone is 1. The molecular formula is C8H17O3P. The van der Waals surface area contributed by atoms with E-state index < -0.39 is 8.25 Å². The lowest BCUT2D eigenvalue weighted by Gasteiger charge is -1.94. The second kappa shape index (κ2) is 8.82. The van der Waals surface area contributed by atoms with Gasteiger partial charge in [0.1, 0.15) is 0 Å². The molecule has 12 heavy (non-hydrogen) atoms. The van der Waals surface area contributed by atoms with Crippen LogP contribution in [-0.2, 0) is 9.09 Å². The van der Waals surface area contributed by atoms with Gasteiger partial charge in [-0.3, -0.25) is 0 Å². The number of unbranched alkanes of at least 4 members (excludes halogenated alkanes) is 4. The largest absolute Gasteiger partial charge is 0.435 e. The highest BCUT2D eigenvalue weighted by Gasteiger charge is 1.85. The van der Waals surface area contributed by atoms with Crippen LogP contribution in [0.15, 0.2) is 12.3 Å². The molecule has 72 valence electrons. The van der Waals surface area contributed by atoms with E-state index in [0.29, 0.717) is 0 Å². The zero-order valence-corrected chi connectivity index (χ0v) is 8.45. The van der Waals surface area contributed by atoms with Gasteiger partial charge in [-0.05, 0) is 18.9 Å². The summed E-state index contributed by atoms with van der Waals surface area (Å²) >= 11 is 0. The summed E-state index contributed by atoms with van der Waals surface area (Å²) < 4.78 is 14.4. The summed E-state index contributed by atoms with van der Waals surface area (Å²) in [4.78, 5) is 8.27. The van der Waals surface area contributed by atoms with Gasteiger partial charge in [0.05, 0.1) is 6.26 Å². The normalized spacial score (nSPS) is 13.5. The zero-order chi connectivity index (χ0) is 9.23. The van der Waals surface area contributed by atoms with Crippen LogP contribution in [0, 0.1) is 0 Å². The van der Waals surface area contributed by atoms with E-state index in [1.807, 2.05) is 0 Å². The van der Waals surface area contributed by atoms with Gasteiger partial charge in [-0.25, -0.2) is 4.57 Å². The number of hydrogen-bond donors (Lipinski definition) is 1. The van der Waals surface area contributed by atoms with Crippen LogP contribution in [0.5, 0.6) is 0 Å². The topological polar surface area (TPSA) is 46.5 Å². The summed E-state index contributed by atoms with van der Waals surface area (Å²) in [5.41, 5.74) is 0. The van der Waals surface area contributed by atoms with Crippen molar-refractivity contribution in [2.24, 2.45) is 0 Å². The molecule has 1 N–H and O–H groups in total. The third-order valence-electron chi connectivity index (χ3n) is 1.49. The number of rotatable bonds is 7. The first-order valence-corrected chi connectivity index (χ1v) is 5.58. The lowest BCUT2D eigenvalue weighted by molar-refractivity contribution is 0.377. The van der Waals surface area contributed by atoms with Gasteiger partial charge in [0.15, 0.2) is 0 Å². The summed E-state index contributed by atoms with van der Waals surface area (Å²) in [5, 5.41) is 0. The lowest BCUT2D eigenvalue weighted by atomic mass is 10.2. The molecule has 0 bridgehead atoms. The predicted molar refractivity (Wildman–Crippen MR) is 50.2 cm³/mol. The summed E-state index contributed by atoms with van der Waals surface area (Å²) in [6.07, 6.45) is 8.85. The quantitative estimate of drug-likeness (QED) is 0.383. The minimum atomic E-state index is -2.77. The minimum Gasteiger partial charge on any atom is -0.435 e. The Balaban J connectivity index is 3.08. The van der Waals surface area contributed by atoms with Gasteiger partial charge in [0, 0.05) is 0 Å². The van der Waals surface area contributed by atoms with Gasteiger partial charge in [0.2, 0.25) is 0 Å². The van der Waals surface area contributed by atoms with Crippen molar-refractivity contribution in [3.8, 4) is 0 Å². The molecule has 0 aromatic heterocycles. The molecule has 1 atom stereocenters. The molecule has 0 spiro atoms. The summed E-state index contributed by atoms with van der Waals surface area (Å²) in [6.45, 7) is 2.16.